The lowest BCUT2D eigenvalue weighted by Gasteiger charge is -2.23. The molecule has 144 valence electrons. The van der Waals surface area contributed by atoms with Crippen molar-refractivity contribution in [2.24, 2.45) is 20.0 Å². The van der Waals surface area contributed by atoms with E-state index in [2.05, 4.69) is 0 Å². The molecule has 0 radical (unpaired) electrons. The third-order valence-corrected chi connectivity index (χ3v) is 5.74. The minimum atomic E-state index is -0.798. The second kappa shape index (κ2) is 6.17. The summed E-state index contributed by atoms with van der Waals surface area (Å²) in [6, 6.07) is 15.6. The predicted octanol–water partition coefficient (Wildman–Crippen LogP) is 2.52. The van der Waals surface area contributed by atoms with Gasteiger partial charge in [0, 0.05) is 13.1 Å². The van der Waals surface area contributed by atoms with E-state index in [-0.39, 0.29) is 17.1 Å². The average Bonchev–Trinajstić information content (AvgIpc) is 3.19. The molecule has 0 saturated heterocycles. The molecule has 2 aliphatic rings. The molecule has 6 nitrogen and oxygen atoms in total. The number of allylic oxidation sites excluding steroid dienone is 2. The number of benzene rings is 2. The van der Waals surface area contributed by atoms with E-state index < -0.39 is 5.92 Å². The second-order valence-corrected chi connectivity index (χ2v) is 7.36. The van der Waals surface area contributed by atoms with Gasteiger partial charge in [-0.1, -0.05) is 24.3 Å². The Morgan fingerprint density at radius 1 is 1.00 bits per heavy atom. The summed E-state index contributed by atoms with van der Waals surface area (Å²) in [6.07, 6.45) is 3.30. The zero-order valence-corrected chi connectivity index (χ0v) is 16.4. The second-order valence-electron chi connectivity index (χ2n) is 7.36. The first-order chi connectivity index (χ1) is 14.0. The van der Waals surface area contributed by atoms with Crippen LogP contribution in [0.2, 0.25) is 0 Å². The van der Waals surface area contributed by atoms with Crippen molar-refractivity contribution in [3.05, 3.63) is 71.9 Å². The third kappa shape index (κ3) is 2.45. The fourth-order valence-corrected chi connectivity index (χ4v) is 4.03. The molecule has 1 fully saturated rings. The first kappa shape index (κ1) is 17.4. The predicted molar refractivity (Wildman–Crippen MR) is 109 cm³/mol. The SMILES string of the molecule is CN1/C(=C/C2C(=O)C(=Cc3n(C)c4ccccc4[n+]3C)C2=O)Oc2ccccc21. The summed E-state index contributed by atoms with van der Waals surface area (Å²) in [4.78, 5) is 27.4. The monoisotopic (exact) mass is 386 g/mol. The van der Waals surface area contributed by atoms with Crippen LogP contribution in [0.1, 0.15) is 5.82 Å². The van der Waals surface area contributed by atoms with Gasteiger partial charge in [-0.3, -0.25) is 9.59 Å². The molecule has 0 N–H and O–H groups in total. The molecule has 0 amide bonds. The van der Waals surface area contributed by atoms with Crippen molar-refractivity contribution in [1.29, 1.82) is 0 Å². The van der Waals surface area contributed by atoms with Gasteiger partial charge in [0.05, 0.1) is 25.4 Å². The number of carbonyl (C=O) groups excluding carboxylic acids is 2. The quantitative estimate of drug-likeness (QED) is 0.294. The highest BCUT2D eigenvalue weighted by atomic mass is 16.5. The third-order valence-electron chi connectivity index (χ3n) is 5.74. The lowest BCUT2D eigenvalue weighted by atomic mass is 9.76. The number of para-hydroxylation sites is 4. The van der Waals surface area contributed by atoms with Gasteiger partial charge < -0.3 is 9.64 Å². The number of aromatic nitrogens is 2. The fourth-order valence-electron chi connectivity index (χ4n) is 4.03. The summed E-state index contributed by atoms with van der Waals surface area (Å²) >= 11 is 0. The van der Waals surface area contributed by atoms with E-state index in [0.717, 1.165) is 28.3 Å². The molecular formula is C23H20N3O3+. The summed E-state index contributed by atoms with van der Waals surface area (Å²) < 4.78 is 9.78. The lowest BCUT2D eigenvalue weighted by molar-refractivity contribution is -0.647. The summed E-state index contributed by atoms with van der Waals surface area (Å²) in [7, 11) is 5.72. The van der Waals surface area contributed by atoms with Gasteiger partial charge in [0.25, 0.3) is 5.82 Å². The van der Waals surface area contributed by atoms with Gasteiger partial charge in [-0.25, -0.2) is 9.13 Å². The maximum atomic E-state index is 12.8. The zero-order chi connectivity index (χ0) is 20.3. The fraction of sp³-hybridized carbons (Fsp3) is 0.174. The number of fused-ring (bicyclic) bond motifs is 2. The Morgan fingerprint density at radius 2 is 1.69 bits per heavy atom. The van der Waals surface area contributed by atoms with Crippen LogP contribution in [-0.4, -0.2) is 23.2 Å². The number of aryl methyl sites for hydroxylation is 2. The topological polar surface area (TPSA) is 55.4 Å². The van der Waals surface area contributed by atoms with Gasteiger partial charge in [0.2, 0.25) is 0 Å². The highest BCUT2D eigenvalue weighted by Gasteiger charge is 2.44. The van der Waals surface area contributed by atoms with Gasteiger partial charge in [0.1, 0.15) is 5.92 Å². The molecule has 1 aliphatic carbocycles. The Morgan fingerprint density at radius 3 is 2.41 bits per heavy atom. The van der Waals surface area contributed by atoms with E-state index in [1.807, 2.05) is 83.7 Å². The first-order valence-electron chi connectivity index (χ1n) is 9.43. The largest absolute Gasteiger partial charge is 0.439 e. The standard InChI is InChI=1S/C23H20N3O3/c1-24-16-8-4-5-9-17(16)25(2)20(24)12-14-22(27)15(23(14)28)13-21-26(3)18-10-6-7-11-19(18)29-21/h4-13,15H,1-3H3/q+1/b14-12?,21-13-. The van der Waals surface area contributed by atoms with E-state index in [4.69, 9.17) is 4.74 Å². The van der Waals surface area contributed by atoms with Crippen LogP contribution in [-0.2, 0) is 23.7 Å². The molecule has 1 saturated carbocycles. The van der Waals surface area contributed by atoms with Gasteiger partial charge in [0.15, 0.2) is 34.2 Å². The summed E-state index contributed by atoms with van der Waals surface area (Å²) in [5.74, 6) is 0.871. The first-order valence-corrected chi connectivity index (χ1v) is 9.43. The van der Waals surface area contributed by atoms with Crippen molar-refractivity contribution in [3.8, 4) is 5.75 Å². The number of ketones is 2. The minimum Gasteiger partial charge on any atom is -0.439 e. The van der Waals surface area contributed by atoms with Gasteiger partial charge in [-0.15, -0.1) is 0 Å². The van der Waals surface area contributed by atoms with Gasteiger partial charge in [-0.05, 0) is 30.3 Å². The van der Waals surface area contributed by atoms with Crippen molar-refractivity contribution < 1.29 is 18.9 Å². The normalized spacial score (nSPS) is 19.6. The maximum absolute atomic E-state index is 12.8. The average molecular weight is 386 g/mol. The zero-order valence-electron chi connectivity index (χ0n) is 16.4. The van der Waals surface area contributed by atoms with Crippen molar-refractivity contribution in [1.82, 2.24) is 4.57 Å². The summed E-state index contributed by atoms with van der Waals surface area (Å²) in [5, 5.41) is 0. The van der Waals surface area contributed by atoms with E-state index in [9.17, 15) is 9.59 Å². The Labute approximate surface area is 167 Å². The van der Waals surface area contributed by atoms with Crippen LogP contribution >= 0.6 is 0 Å². The van der Waals surface area contributed by atoms with Crippen molar-refractivity contribution in [2.75, 3.05) is 11.9 Å². The van der Waals surface area contributed by atoms with Crippen LogP contribution in [0.3, 0.4) is 0 Å². The van der Waals surface area contributed by atoms with Gasteiger partial charge >= 0.3 is 0 Å². The van der Waals surface area contributed by atoms with Crippen molar-refractivity contribution >= 4 is 34.4 Å². The number of anilines is 1. The Balaban J connectivity index is 1.46. The molecule has 6 heteroatoms. The molecule has 2 aromatic carbocycles. The molecule has 2 heterocycles. The molecular weight excluding hydrogens is 366 g/mol. The molecule has 0 spiro atoms. The highest BCUT2D eigenvalue weighted by molar-refractivity contribution is 6.41. The molecule has 5 rings (SSSR count). The van der Waals surface area contributed by atoms with Gasteiger partial charge in [-0.2, -0.15) is 0 Å². The maximum Gasteiger partial charge on any atom is 0.282 e. The molecule has 1 aliphatic heterocycles. The Hall–Kier alpha value is -3.67. The number of nitrogens with zero attached hydrogens (tertiary/aromatic N) is 3. The van der Waals surface area contributed by atoms with Crippen LogP contribution < -0.4 is 14.2 Å². The molecule has 0 bridgehead atoms. The summed E-state index contributed by atoms with van der Waals surface area (Å²) in [6.45, 7) is 0. The molecule has 29 heavy (non-hydrogen) atoms. The highest BCUT2D eigenvalue weighted by Crippen LogP contribution is 2.39. The number of imidazole rings is 1. The van der Waals surface area contributed by atoms with Crippen LogP contribution in [0.25, 0.3) is 17.1 Å². The Bertz CT molecular complexity index is 1210. The van der Waals surface area contributed by atoms with Crippen LogP contribution in [0.4, 0.5) is 5.69 Å². The molecule has 3 aromatic rings. The number of hydrogen-bond acceptors (Lipinski definition) is 4. The minimum absolute atomic E-state index is 0.180. The van der Waals surface area contributed by atoms with E-state index >= 15 is 0 Å². The lowest BCUT2D eigenvalue weighted by Crippen LogP contribution is -2.41. The Kier molecular flexibility index (Phi) is 3.71. The number of rotatable bonds is 2. The van der Waals surface area contributed by atoms with E-state index in [1.54, 1.807) is 12.2 Å². The van der Waals surface area contributed by atoms with E-state index in [1.165, 1.54) is 0 Å². The molecule has 1 aromatic heterocycles. The van der Waals surface area contributed by atoms with Crippen LogP contribution in [0.5, 0.6) is 5.75 Å². The number of carbonyl (C=O) groups is 2. The smallest absolute Gasteiger partial charge is 0.282 e. The summed E-state index contributed by atoms with van der Waals surface area (Å²) in [5.41, 5.74) is 3.22. The van der Waals surface area contributed by atoms with Crippen LogP contribution in [0.15, 0.2) is 66.1 Å². The molecule has 0 unspecified atom stereocenters. The van der Waals surface area contributed by atoms with Crippen molar-refractivity contribution in [2.45, 2.75) is 0 Å². The number of Topliss-reactive ketones (excluding diaryl/α,β-unsaturated/α-hetero) is 2. The molecule has 0 atom stereocenters. The van der Waals surface area contributed by atoms with Crippen LogP contribution in [0, 0.1) is 5.92 Å². The number of ether oxygens (including phenoxy) is 1. The number of hydrogen-bond donors (Lipinski definition) is 0. The van der Waals surface area contributed by atoms with Crippen molar-refractivity contribution in [3.63, 3.8) is 0 Å². The van der Waals surface area contributed by atoms with E-state index in [0.29, 0.717) is 5.88 Å².